The van der Waals surface area contributed by atoms with Crippen molar-refractivity contribution in [3.05, 3.63) is 83.7 Å². The van der Waals surface area contributed by atoms with E-state index >= 15 is 0 Å². The average molecular weight is 441 g/mol. The minimum absolute atomic E-state index is 0.00950. The number of carbonyl (C=O) groups is 1. The second-order valence-corrected chi connectivity index (χ2v) is 8.54. The van der Waals surface area contributed by atoms with E-state index in [4.69, 9.17) is 4.74 Å². The zero-order chi connectivity index (χ0) is 22.3. The predicted molar refractivity (Wildman–Crippen MR) is 118 cm³/mol. The van der Waals surface area contributed by atoms with Crippen molar-refractivity contribution in [2.24, 2.45) is 0 Å². The maximum absolute atomic E-state index is 12.2. The third-order valence-corrected chi connectivity index (χ3v) is 6.00. The first-order valence-electron chi connectivity index (χ1n) is 9.54. The van der Waals surface area contributed by atoms with Crippen LogP contribution >= 0.6 is 0 Å². The molecule has 1 amide bonds. The van der Waals surface area contributed by atoms with E-state index in [0.29, 0.717) is 18.7 Å². The van der Waals surface area contributed by atoms with Crippen molar-refractivity contribution in [1.82, 2.24) is 19.8 Å². The number of nitrogens with one attached hydrogen (secondary N) is 2. The fraction of sp³-hybridized carbons (Fsp3) is 0.182. The summed E-state index contributed by atoms with van der Waals surface area (Å²) in [5.41, 5.74) is 2.65. The molecule has 2 N–H and O–H groups in total. The first-order valence-corrected chi connectivity index (χ1v) is 11.0. The van der Waals surface area contributed by atoms with E-state index in [-0.39, 0.29) is 16.6 Å². The van der Waals surface area contributed by atoms with Gasteiger partial charge in [-0.1, -0.05) is 30.3 Å². The maximum Gasteiger partial charge on any atom is 0.244 e. The summed E-state index contributed by atoms with van der Waals surface area (Å²) in [7, 11) is -0.956. The van der Waals surface area contributed by atoms with Gasteiger partial charge in [0.05, 0.1) is 13.7 Å². The molecule has 0 saturated carbocycles. The Morgan fingerprint density at radius 2 is 1.90 bits per heavy atom. The fourth-order valence-corrected chi connectivity index (χ4v) is 3.81. The van der Waals surface area contributed by atoms with Gasteiger partial charge in [0.2, 0.25) is 15.9 Å². The zero-order valence-electron chi connectivity index (χ0n) is 17.3. The molecular weight excluding hydrogens is 416 g/mol. The molecule has 0 unspecified atom stereocenters. The number of benzene rings is 2. The van der Waals surface area contributed by atoms with Crippen molar-refractivity contribution in [2.45, 2.75) is 18.0 Å². The third kappa shape index (κ3) is 6.03. The van der Waals surface area contributed by atoms with Crippen molar-refractivity contribution in [3.8, 4) is 5.75 Å². The number of hydrogen-bond acceptors (Lipinski definition) is 5. The number of ether oxygens (including phenoxy) is 1. The first-order chi connectivity index (χ1) is 14.9. The number of nitrogens with zero attached hydrogens (tertiary/aromatic N) is 2. The highest BCUT2D eigenvalue weighted by atomic mass is 32.2. The molecular formula is C22H24N4O4S. The van der Waals surface area contributed by atoms with Crippen LogP contribution in [0.25, 0.3) is 6.08 Å². The first kappa shape index (κ1) is 22.3. The van der Waals surface area contributed by atoms with Gasteiger partial charge in [-0.05, 0) is 48.0 Å². The van der Waals surface area contributed by atoms with Gasteiger partial charge in [0.1, 0.15) is 10.6 Å². The molecule has 3 aromatic rings. The summed E-state index contributed by atoms with van der Waals surface area (Å²) < 4.78 is 33.5. The predicted octanol–water partition coefficient (Wildman–Crippen LogP) is 2.18. The highest BCUT2D eigenvalue weighted by Crippen LogP contribution is 2.25. The number of carbonyl (C=O) groups excluding carboxylic acids is 1. The van der Waals surface area contributed by atoms with Crippen LogP contribution in [0.2, 0.25) is 0 Å². The Morgan fingerprint density at radius 3 is 2.55 bits per heavy atom. The minimum atomic E-state index is -3.68. The normalized spacial score (nSPS) is 11.5. The number of rotatable bonds is 9. The van der Waals surface area contributed by atoms with Gasteiger partial charge in [0, 0.05) is 25.0 Å². The molecule has 0 radical (unpaired) electrons. The maximum atomic E-state index is 12.2. The van der Waals surface area contributed by atoms with Crippen molar-refractivity contribution in [2.75, 3.05) is 14.2 Å². The van der Waals surface area contributed by atoms with E-state index < -0.39 is 10.0 Å². The molecule has 1 aromatic heterocycles. The van der Waals surface area contributed by atoms with Gasteiger partial charge in [0.25, 0.3) is 0 Å². The van der Waals surface area contributed by atoms with Gasteiger partial charge in [0.15, 0.2) is 0 Å². The molecule has 0 aliphatic rings. The van der Waals surface area contributed by atoms with Crippen LogP contribution in [0.1, 0.15) is 16.7 Å². The summed E-state index contributed by atoms with van der Waals surface area (Å²) in [5.74, 6) is -0.0542. The van der Waals surface area contributed by atoms with Gasteiger partial charge < -0.3 is 10.1 Å². The molecule has 1 heterocycles. The van der Waals surface area contributed by atoms with Crippen LogP contribution in [-0.2, 0) is 27.9 Å². The average Bonchev–Trinajstić information content (AvgIpc) is 3.30. The van der Waals surface area contributed by atoms with Crippen LogP contribution < -0.4 is 14.8 Å². The Bertz CT molecular complexity index is 1150. The molecule has 9 heteroatoms. The lowest BCUT2D eigenvalue weighted by Crippen LogP contribution is -2.20. The van der Waals surface area contributed by atoms with Gasteiger partial charge in [-0.3, -0.25) is 9.48 Å². The van der Waals surface area contributed by atoms with Gasteiger partial charge >= 0.3 is 0 Å². The van der Waals surface area contributed by atoms with E-state index in [1.165, 1.54) is 26.3 Å². The Hall–Kier alpha value is -3.43. The molecule has 3 rings (SSSR count). The topological polar surface area (TPSA) is 102 Å². The van der Waals surface area contributed by atoms with Crippen molar-refractivity contribution in [1.29, 1.82) is 0 Å². The lowest BCUT2D eigenvalue weighted by Gasteiger charge is -2.09. The number of sulfonamides is 1. The Kier molecular flexibility index (Phi) is 7.22. The van der Waals surface area contributed by atoms with Crippen molar-refractivity contribution >= 4 is 22.0 Å². The lowest BCUT2D eigenvalue weighted by molar-refractivity contribution is -0.116. The second-order valence-electron chi connectivity index (χ2n) is 6.69. The molecule has 0 aliphatic carbocycles. The molecule has 8 nitrogen and oxygen atoms in total. The molecule has 0 saturated heterocycles. The summed E-state index contributed by atoms with van der Waals surface area (Å²) >= 11 is 0. The van der Waals surface area contributed by atoms with E-state index in [1.54, 1.807) is 24.4 Å². The van der Waals surface area contributed by atoms with E-state index in [9.17, 15) is 13.2 Å². The lowest BCUT2D eigenvalue weighted by atomic mass is 10.1. The number of hydrogen-bond donors (Lipinski definition) is 2. The number of aromatic nitrogens is 2. The molecule has 162 valence electrons. The zero-order valence-corrected chi connectivity index (χ0v) is 18.1. The van der Waals surface area contributed by atoms with Crippen LogP contribution in [0.5, 0.6) is 5.75 Å². The minimum Gasteiger partial charge on any atom is -0.495 e. The second kappa shape index (κ2) is 10.1. The Labute approximate surface area is 181 Å². The third-order valence-electron chi connectivity index (χ3n) is 4.57. The summed E-state index contributed by atoms with van der Waals surface area (Å²) in [6.45, 7) is 1.07. The van der Waals surface area contributed by atoms with Crippen LogP contribution in [0.3, 0.4) is 0 Å². The summed E-state index contributed by atoms with van der Waals surface area (Å²) in [6.07, 6.45) is 6.56. The number of methoxy groups -OCH3 is 1. The quantitative estimate of drug-likeness (QED) is 0.497. The molecule has 0 atom stereocenters. The van der Waals surface area contributed by atoms with Crippen molar-refractivity contribution < 1.29 is 17.9 Å². The summed E-state index contributed by atoms with van der Waals surface area (Å²) in [5, 5.41) is 6.99. The molecule has 0 bridgehead atoms. The van der Waals surface area contributed by atoms with E-state index in [1.807, 2.05) is 41.2 Å². The molecule has 31 heavy (non-hydrogen) atoms. The van der Waals surface area contributed by atoms with Gasteiger partial charge in [-0.2, -0.15) is 5.10 Å². The highest BCUT2D eigenvalue weighted by molar-refractivity contribution is 7.89. The largest absolute Gasteiger partial charge is 0.495 e. The summed E-state index contributed by atoms with van der Waals surface area (Å²) in [4.78, 5) is 12.2. The summed E-state index contributed by atoms with van der Waals surface area (Å²) in [6, 6.07) is 14.5. The van der Waals surface area contributed by atoms with Crippen LogP contribution in [-0.4, -0.2) is 38.3 Å². The molecule has 0 fully saturated rings. The SMILES string of the molecule is CNS(=O)(=O)c1cc(/C=C/C(=O)NCc2ccc(Cn3cccn3)cc2)ccc1OC. The van der Waals surface area contributed by atoms with Gasteiger partial charge in [-0.25, -0.2) is 13.1 Å². The Morgan fingerprint density at radius 1 is 1.16 bits per heavy atom. The Balaban J connectivity index is 1.59. The van der Waals surface area contributed by atoms with Crippen LogP contribution in [0, 0.1) is 0 Å². The van der Waals surface area contributed by atoms with E-state index in [0.717, 1.165) is 11.1 Å². The van der Waals surface area contributed by atoms with Crippen LogP contribution in [0.15, 0.2) is 71.9 Å². The smallest absolute Gasteiger partial charge is 0.244 e. The van der Waals surface area contributed by atoms with E-state index in [2.05, 4.69) is 15.1 Å². The van der Waals surface area contributed by atoms with Crippen molar-refractivity contribution in [3.63, 3.8) is 0 Å². The van der Waals surface area contributed by atoms with Crippen LogP contribution in [0.4, 0.5) is 0 Å². The molecule has 0 spiro atoms. The van der Waals surface area contributed by atoms with Gasteiger partial charge in [-0.15, -0.1) is 0 Å². The number of amides is 1. The molecule has 2 aromatic carbocycles. The fourth-order valence-electron chi connectivity index (χ4n) is 2.88. The standard InChI is InChI=1S/C22H24N4O4S/c1-23-31(28,29)21-14-17(8-10-20(21)30-2)9-11-22(27)24-15-18-4-6-19(7-5-18)16-26-13-3-12-25-26/h3-14,23H,15-16H2,1-2H3,(H,24,27)/b11-9+. The monoisotopic (exact) mass is 440 g/mol. The highest BCUT2D eigenvalue weighted by Gasteiger charge is 2.17. The molecule has 0 aliphatic heterocycles.